The summed E-state index contributed by atoms with van der Waals surface area (Å²) in [6.07, 6.45) is 0. The van der Waals surface area contributed by atoms with Gasteiger partial charge in [-0.05, 0) is 18.2 Å². The number of hydrogen-bond donors (Lipinski definition) is 1. The first-order valence-corrected chi connectivity index (χ1v) is 6.13. The molecule has 8 nitrogen and oxygen atoms in total. The van der Waals surface area contributed by atoms with Crippen molar-refractivity contribution >= 4 is 17.2 Å². The van der Waals surface area contributed by atoms with Gasteiger partial charge in [0.1, 0.15) is 23.4 Å². The maximum absolute atomic E-state index is 10.8. The number of nitro groups is 1. The summed E-state index contributed by atoms with van der Waals surface area (Å²) in [5.41, 5.74) is -0.0467. The SMILES string of the molecule is COc1ccc(OC)c(Nc2ccc([N+](=O)[O-])c(C#N)n2)c1. The molecule has 0 aliphatic heterocycles. The molecule has 1 N–H and O–H groups in total. The van der Waals surface area contributed by atoms with Crippen LogP contribution in [0.1, 0.15) is 5.69 Å². The molecule has 0 bridgehead atoms. The molecule has 0 fully saturated rings. The first-order valence-electron chi connectivity index (χ1n) is 6.13. The first-order chi connectivity index (χ1) is 10.6. The second-order valence-electron chi connectivity index (χ2n) is 4.12. The van der Waals surface area contributed by atoms with E-state index in [1.54, 1.807) is 24.3 Å². The lowest BCUT2D eigenvalue weighted by Crippen LogP contribution is -2.01. The van der Waals surface area contributed by atoms with Gasteiger partial charge in [-0.25, -0.2) is 4.98 Å². The Bertz CT molecular complexity index is 755. The molecule has 1 aromatic carbocycles. The Hall–Kier alpha value is -3.34. The van der Waals surface area contributed by atoms with E-state index in [1.807, 2.05) is 0 Å². The number of benzene rings is 1. The second kappa shape index (κ2) is 6.41. The molecule has 0 saturated heterocycles. The molecule has 1 heterocycles. The summed E-state index contributed by atoms with van der Waals surface area (Å²) in [6.45, 7) is 0. The van der Waals surface area contributed by atoms with Gasteiger partial charge in [0.2, 0.25) is 5.69 Å². The third kappa shape index (κ3) is 3.04. The monoisotopic (exact) mass is 300 g/mol. The summed E-state index contributed by atoms with van der Waals surface area (Å²) in [7, 11) is 3.04. The number of aromatic nitrogens is 1. The van der Waals surface area contributed by atoms with Crippen molar-refractivity contribution in [3.8, 4) is 17.6 Å². The molecule has 2 aromatic rings. The fraction of sp³-hybridized carbons (Fsp3) is 0.143. The zero-order chi connectivity index (χ0) is 16.1. The average molecular weight is 300 g/mol. The third-order valence-electron chi connectivity index (χ3n) is 2.85. The number of methoxy groups -OCH3 is 2. The van der Waals surface area contributed by atoms with Crippen LogP contribution in [0.2, 0.25) is 0 Å². The van der Waals surface area contributed by atoms with Gasteiger partial charge in [0.15, 0.2) is 0 Å². The molecule has 0 amide bonds. The number of anilines is 2. The highest BCUT2D eigenvalue weighted by Gasteiger charge is 2.16. The minimum absolute atomic E-state index is 0.267. The van der Waals surface area contributed by atoms with E-state index in [0.717, 1.165) is 0 Å². The maximum atomic E-state index is 10.8. The Morgan fingerprint density at radius 2 is 2.05 bits per heavy atom. The smallest absolute Gasteiger partial charge is 0.305 e. The molecule has 0 unspecified atom stereocenters. The molecule has 0 radical (unpaired) electrons. The van der Waals surface area contributed by atoms with Crippen LogP contribution in [-0.4, -0.2) is 24.1 Å². The van der Waals surface area contributed by atoms with E-state index in [0.29, 0.717) is 17.2 Å². The van der Waals surface area contributed by atoms with Crippen LogP contribution in [0.3, 0.4) is 0 Å². The van der Waals surface area contributed by atoms with Gasteiger partial charge in [-0.2, -0.15) is 5.26 Å². The van der Waals surface area contributed by atoms with E-state index < -0.39 is 4.92 Å². The van der Waals surface area contributed by atoms with E-state index in [2.05, 4.69) is 10.3 Å². The van der Waals surface area contributed by atoms with Crippen LogP contribution < -0.4 is 14.8 Å². The minimum atomic E-state index is -0.651. The number of nitriles is 1. The summed E-state index contributed by atoms with van der Waals surface area (Å²) in [4.78, 5) is 14.1. The van der Waals surface area contributed by atoms with Gasteiger partial charge in [0, 0.05) is 12.1 Å². The van der Waals surface area contributed by atoms with Gasteiger partial charge in [0.25, 0.3) is 0 Å². The molecule has 0 saturated carbocycles. The third-order valence-corrected chi connectivity index (χ3v) is 2.85. The molecule has 22 heavy (non-hydrogen) atoms. The molecular formula is C14H12N4O4. The van der Waals surface area contributed by atoms with Gasteiger partial charge in [0.05, 0.1) is 24.8 Å². The number of nitrogens with one attached hydrogen (secondary N) is 1. The number of rotatable bonds is 5. The summed E-state index contributed by atoms with van der Waals surface area (Å²) in [6, 6.07) is 9.47. The average Bonchev–Trinajstić information content (AvgIpc) is 2.54. The molecule has 0 aliphatic carbocycles. The summed E-state index contributed by atoms with van der Waals surface area (Å²) in [5.74, 6) is 1.43. The van der Waals surface area contributed by atoms with Crippen molar-refractivity contribution < 1.29 is 14.4 Å². The van der Waals surface area contributed by atoms with Crippen molar-refractivity contribution in [3.05, 3.63) is 46.1 Å². The largest absolute Gasteiger partial charge is 0.497 e. The highest BCUT2D eigenvalue weighted by molar-refractivity contribution is 5.67. The van der Waals surface area contributed by atoms with Gasteiger partial charge in [-0.15, -0.1) is 0 Å². The quantitative estimate of drug-likeness (QED) is 0.667. The van der Waals surface area contributed by atoms with Gasteiger partial charge >= 0.3 is 5.69 Å². The summed E-state index contributed by atoms with van der Waals surface area (Å²) < 4.78 is 10.3. The maximum Gasteiger partial charge on any atom is 0.305 e. The van der Waals surface area contributed by atoms with E-state index in [1.165, 1.54) is 26.4 Å². The molecule has 0 atom stereocenters. The number of hydrogen-bond acceptors (Lipinski definition) is 7. The van der Waals surface area contributed by atoms with Gasteiger partial charge < -0.3 is 14.8 Å². The van der Waals surface area contributed by atoms with Crippen LogP contribution >= 0.6 is 0 Å². The fourth-order valence-electron chi connectivity index (χ4n) is 1.80. The number of ether oxygens (including phenoxy) is 2. The summed E-state index contributed by atoms with van der Waals surface area (Å²) >= 11 is 0. The van der Waals surface area contributed by atoms with E-state index in [-0.39, 0.29) is 17.2 Å². The molecule has 0 aliphatic rings. The van der Waals surface area contributed by atoms with E-state index >= 15 is 0 Å². The predicted molar refractivity (Wildman–Crippen MR) is 78.4 cm³/mol. The zero-order valence-electron chi connectivity index (χ0n) is 11.9. The Morgan fingerprint density at radius 1 is 1.27 bits per heavy atom. The van der Waals surface area contributed by atoms with E-state index in [4.69, 9.17) is 14.7 Å². The van der Waals surface area contributed by atoms with Crippen molar-refractivity contribution in [2.24, 2.45) is 0 Å². The van der Waals surface area contributed by atoms with E-state index in [9.17, 15) is 10.1 Å². The van der Waals surface area contributed by atoms with Crippen molar-refractivity contribution in [1.82, 2.24) is 4.98 Å². The zero-order valence-corrected chi connectivity index (χ0v) is 11.9. The van der Waals surface area contributed by atoms with Gasteiger partial charge in [-0.3, -0.25) is 10.1 Å². The van der Waals surface area contributed by atoms with Crippen molar-refractivity contribution in [2.75, 3.05) is 19.5 Å². The Labute approximate surface area is 126 Å². The predicted octanol–water partition coefficient (Wildman–Crippen LogP) is 2.62. The Morgan fingerprint density at radius 3 is 2.64 bits per heavy atom. The number of nitrogens with zero attached hydrogens (tertiary/aromatic N) is 3. The Balaban J connectivity index is 2.39. The highest BCUT2D eigenvalue weighted by Crippen LogP contribution is 2.31. The highest BCUT2D eigenvalue weighted by atomic mass is 16.6. The standard InChI is InChI=1S/C14H12N4O4/c1-21-9-3-5-13(22-2)10(7-9)16-14-6-4-12(18(19)20)11(8-15)17-14/h3-7H,1-2H3,(H,16,17). The normalized spacial score (nSPS) is 9.68. The molecule has 112 valence electrons. The summed E-state index contributed by atoms with van der Waals surface area (Å²) in [5, 5.41) is 22.7. The number of pyridine rings is 1. The van der Waals surface area contributed by atoms with Crippen molar-refractivity contribution in [3.63, 3.8) is 0 Å². The van der Waals surface area contributed by atoms with Crippen LogP contribution in [0, 0.1) is 21.4 Å². The Kier molecular flexibility index (Phi) is 4.38. The first kappa shape index (κ1) is 15.1. The van der Waals surface area contributed by atoms with Crippen LogP contribution in [0.4, 0.5) is 17.2 Å². The van der Waals surface area contributed by atoms with Crippen LogP contribution in [0.25, 0.3) is 0 Å². The van der Waals surface area contributed by atoms with Gasteiger partial charge in [-0.1, -0.05) is 0 Å². The topological polar surface area (TPSA) is 110 Å². The van der Waals surface area contributed by atoms with Crippen molar-refractivity contribution in [2.45, 2.75) is 0 Å². The molecule has 2 rings (SSSR count). The minimum Gasteiger partial charge on any atom is -0.497 e. The lowest BCUT2D eigenvalue weighted by molar-refractivity contribution is -0.385. The molecule has 1 aromatic heterocycles. The lowest BCUT2D eigenvalue weighted by Gasteiger charge is -2.12. The van der Waals surface area contributed by atoms with Crippen molar-refractivity contribution in [1.29, 1.82) is 5.26 Å². The van der Waals surface area contributed by atoms with Crippen LogP contribution in [-0.2, 0) is 0 Å². The lowest BCUT2D eigenvalue weighted by atomic mass is 10.2. The fourth-order valence-corrected chi connectivity index (χ4v) is 1.80. The van der Waals surface area contributed by atoms with Crippen LogP contribution in [0.15, 0.2) is 30.3 Å². The molecule has 0 spiro atoms. The second-order valence-corrected chi connectivity index (χ2v) is 4.12. The molecule has 8 heteroatoms. The molecular weight excluding hydrogens is 288 g/mol. The van der Waals surface area contributed by atoms with Crippen LogP contribution in [0.5, 0.6) is 11.5 Å².